The van der Waals surface area contributed by atoms with Gasteiger partial charge >= 0.3 is 0 Å². The van der Waals surface area contributed by atoms with Gasteiger partial charge in [-0.05, 0) is 56.2 Å². The summed E-state index contributed by atoms with van der Waals surface area (Å²) in [5, 5.41) is 5.70. The van der Waals surface area contributed by atoms with E-state index in [1.807, 2.05) is 13.0 Å². The third kappa shape index (κ3) is 2.69. The van der Waals surface area contributed by atoms with Crippen molar-refractivity contribution in [3.8, 4) is 0 Å². The Morgan fingerprint density at radius 2 is 1.95 bits per heavy atom. The second kappa shape index (κ2) is 5.27. The molecule has 0 saturated heterocycles. The van der Waals surface area contributed by atoms with Gasteiger partial charge in [0.15, 0.2) is 0 Å². The predicted octanol–water partition coefficient (Wildman–Crippen LogP) is 2.42. The first-order valence-electron chi connectivity index (χ1n) is 7.36. The van der Waals surface area contributed by atoms with Gasteiger partial charge in [0, 0.05) is 23.7 Å². The van der Waals surface area contributed by atoms with Crippen LogP contribution in [0, 0.1) is 17.8 Å². The van der Waals surface area contributed by atoms with Gasteiger partial charge in [0.05, 0.1) is 0 Å². The van der Waals surface area contributed by atoms with Crippen LogP contribution in [0.5, 0.6) is 0 Å². The maximum absolute atomic E-state index is 12.2. The number of rotatable bonds is 4. The van der Waals surface area contributed by atoms with Crippen molar-refractivity contribution < 1.29 is 9.59 Å². The maximum Gasteiger partial charge on any atom is 0.251 e. The molecule has 3 rings (SSSR count). The molecule has 0 bridgehead atoms. The lowest BCUT2D eigenvalue weighted by molar-refractivity contribution is -0.120. The highest BCUT2D eigenvalue weighted by atomic mass is 16.2. The van der Waals surface area contributed by atoms with E-state index in [4.69, 9.17) is 0 Å². The number of fused-ring (bicyclic) bond motifs is 1. The first-order chi connectivity index (χ1) is 9.67. The highest BCUT2D eigenvalue weighted by Crippen LogP contribution is 2.54. The topological polar surface area (TPSA) is 58.2 Å². The van der Waals surface area contributed by atoms with E-state index in [-0.39, 0.29) is 17.7 Å². The molecule has 0 spiro atoms. The minimum absolute atomic E-state index is 0.102. The van der Waals surface area contributed by atoms with Crippen LogP contribution in [0.15, 0.2) is 24.3 Å². The van der Waals surface area contributed by atoms with Crippen molar-refractivity contribution >= 4 is 17.5 Å². The number of amides is 2. The average Bonchev–Trinajstić information content (AvgIpc) is 3.05. The molecule has 2 fully saturated rings. The molecule has 2 atom stereocenters. The zero-order chi connectivity index (χ0) is 14.1. The van der Waals surface area contributed by atoms with Crippen molar-refractivity contribution in [3.05, 3.63) is 29.8 Å². The monoisotopic (exact) mass is 272 g/mol. The van der Waals surface area contributed by atoms with Gasteiger partial charge in [0.25, 0.3) is 5.91 Å². The van der Waals surface area contributed by atoms with Gasteiger partial charge in [-0.1, -0.05) is 6.07 Å². The van der Waals surface area contributed by atoms with E-state index in [0.29, 0.717) is 17.8 Å². The van der Waals surface area contributed by atoms with Gasteiger partial charge in [-0.2, -0.15) is 0 Å². The Kier molecular flexibility index (Phi) is 3.47. The molecule has 2 saturated carbocycles. The second-order valence-corrected chi connectivity index (χ2v) is 5.85. The van der Waals surface area contributed by atoms with Gasteiger partial charge in [0.2, 0.25) is 5.91 Å². The predicted molar refractivity (Wildman–Crippen MR) is 77.4 cm³/mol. The Balaban J connectivity index is 1.63. The summed E-state index contributed by atoms with van der Waals surface area (Å²) < 4.78 is 0. The molecule has 20 heavy (non-hydrogen) atoms. The molecule has 0 heterocycles. The van der Waals surface area contributed by atoms with Gasteiger partial charge in [-0.15, -0.1) is 0 Å². The normalized spacial score (nSPS) is 26.8. The quantitative estimate of drug-likeness (QED) is 0.884. The summed E-state index contributed by atoms with van der Waals surface area (Å²) in [6, 6.07) is 7.12. The van der Waals surface area contributed by atoms with Crippen LogP contribution in [0.1, 0.15) is 36.5 Å². The fraction of sp³-hybridized carbons (Fsp3) is 0.500. The number of carbonyl (C=O) groups excluding carboxylic acids is 2. The van der Waals surface area contributed by atoms with Crippen LogP contribution >= 0.6 is 0 Å². The van der Waals surface area contributed by atoms with Crippen LogP contribution in [-0.2, 0) is 4.79 Å². The fourth-order valence-electron chi connectivity index (χ4n) is 3.17. The lowest BCUT2D eigenvalue weighted by Crippen LogP contribution is -2.24. The van der Waals surface area contributed by atoms with Crippen molar-refractivity contribution in [1.82, 2.24) is 5.32 Å². The van der Waals surface area contributed by atoms with Crippen molar-refractivity contribution in [2.45, 2.75) is 26.2 Å². The molecule has 2 aliphatic carbocycles. The summed E-state index contributed by atoms with van der Waals surface area (Å²) in [5.41, 5.74) is 1.29. The first-order valence-corrected chi connectivity index (χ1v) is 7.36. The number of nitrogens with one attached hydrogen (secondary N) is 2. The standard InChI is InChI=1S/C16H20N2O2/c1-2-17-15(19)10-4-3-5-14(9-10)18-16(20)13-7-11-6-12(11)8-13/h3-5,9,11-13H,2,6-8H2,1H3,(H,17,19)(H,18,20). The average molecular weight is 272 g/mol. The van der Waals surface area contributed by atoms with Crippen molar-refractivity contribution in [1.29, 1.82) is 0 Å². The van der Waals surface area contributed by atoms with E-state index in [0.717, 1.165) is 24.7 Å². The van der Waals surface area contributed by atoms with Crippen molar-refractivity contribution in [3.63, 3.8) is 0 Å². The Morgan fingerprint density at radius 1 is 1.20 bits per heavy atom. The van der Waals surface area contributed by atoms with Gasteiger partial charge in [-0.25, -0.2) is 0 Å². The first kappa shape index (κ1) is 13.2. The minimum Gasteiger partial charge on any atom is -0.352 e. The van der Waals surface area contributed by atoms with E-state index in [1.165, 1.54) is 6.42 Å². The lowest BCUT2D eigenvalue weighted by atomic mass is 10.0. The number of hydrogen-bond donors (Lipinski definition) is 2. The van der Waals surface area contributed by atoms with Crippen LogP contribution in [0.25, 0.3) is 0 Å². The van der Waals surface area contributed by atoms with Crippen LogP contribution in [-0.4, -0.2) is 18.4 Å². The zero-order valence-electron chi connectivity index (χ0n) is 11.7. The van der Waals surface area contributed by atoms with Crippen LogP contribution in [0.4, 0.5) is 5.69 Å². The molecule has 2 aliphatic rings. The molecular weight excluding hydrogens is 252 g/mol. The summed E-state index contributed by atoms with van der Waals surface area (Å²) in [5.74, 6) is 1.75. The number of hydrogen-bond acceptors (Lipinski definition) is 2. The number of benzene rings is 1. The molecule has 2 amide bonds. The SMILES string of the molecule is CCNC(=O)c1cccc(NC(=O)C2CC3CC3C2)c1. The van der Waals surface area contributed by atoms with Crippen LogP contribution in [0.3, 0.4) is 0 Å². The Bertz CT molecular complexity index is 531. The second-order valence-electron chi connectivity index (χ2n) is 5.85. The Labute approximate surface area is 118 Å². The lowest BCUT2D eigenvalue weighted by Gasteiger charge is -2.13. The smallest absolute Gasteiger partial charge is 0.251 e. The van der Waals surface area contributed by atoms with Gasteiger partial charge in [0.1, 0.15) is 0 Å². The van der Waals surface area contributed by atoms with E-state index < -0.39 is 0 Å². The molecular formula is C16H20N2O2. The summed E-state index contributed by atoms with van der Waals surface area (Å²) in [6.07, 6.45) is 3.38. The van der Waals surface area contributed by atoms with E-state index in [2.05, 4.69) is 10.6 Å². The third-order valence-electron chi connectivity index (χ3n) is 4.34. The van der Waals surface area contributed by atoms with E-state index >= 15 is 0 Å². The zero-order valence-corrected chi connectivity index (χ0v) is 11.7. The fourth-order valence-corrected chi connectivity index (χ4v) is 3.17. The van der Waals surface area contributed by atoms with Crippen LogP contribution < -0.4 is 10.6 Å². The molecule has 2 N–H and O–H groups in total. The summed E-state index contributed by atoms with van der Waals surface area (Å²) in [6.45, 7) is 2.48. The van der Waals surface area contributed by atoms with E-state index in [9.17, 15) is 9.59 Å². The molecule has 1 aromatic rings. The molecule has 4 heteroatoms. The summed E-state index contributed by atoms with van der Waals surface area (Å²) >= 11 is 0. The largest absolute Gasteiger partial charge is 0.352 e. The molecule has 106 valence electrons. The van der Waals surface area contributed by atoms with Gasteiger partial charge < -0.3 is 10.6 Å². The number of anilines is 1. The van der Waals surface area contributed by atoms with Crippen molar-refractivity contribution in [2.24, 2.45) is 17.8 Å². The molecule has 0 radical (unpaired) electrons. The Morgan fingerprint density at radius 3 is 2.65 bits per heavy atom. The molecule has 0 aliphatic heterocycles. The molecule has 0 aromatic heterocycles. The summed E-state index contributed by atoms with van der Waals surface area (Å²) in [4.78, 5) is 23.9. The highest BCUT2D eigenvalue weighted by molar-refractivity contribution is 5.97. The third-order valence-corrected chi connectivity index (χ3v) is 4.34. The molecule has 1 aromatic carbocycles. The van der Waals surface area contributed by atoms with Crippen molar-refractivity contribution in [2.75, 3.05) is 11.9 Å². The number of carbonyl (C=O) groups is 2. The molecule has 4 nitrogen and oxygen atoms in total. The summed E-state index contributed by atoms with van der Waals surface area (Å²) in [7, 11) is 0. The van der Waals surface area contributed by atoms with E-state index in [1.54, 1.807) is 18.2 Å². The van der Waals surface area contributed by atoms with Crippen LogP contribution in [0.2, 0.25) is 0 Å². The minimum atomic E-state index is -0.106. The van der Waals surface area contributed by atoms with Gasteiger partial charge in [-0.3, -0.25) is 9.59 Å². The maximum atomic E-state index is 12.2. The molecule has 2 unspecified atom stereocenters. The highest BCUT2D eigenvalue weighted by Gasteiger charge is 2.47. The Hall–Kier alpha value is -1.84.